The average molecular weight is 409 g/mol. The Kier molecular flexibility index (Phi) is 5.57. The number of aliphatic carboxylic acids is 1. The second kappa shape index (κ2) is 7.49. The molecule has 4 aliphatic carbocycles. The van der Waals surface area contributed by atoms with Crippen molar-refractivity contribution in [1.82, 2.24) is 0 Å². The molecule has 0 aromatic heterocycles. The molecule has 4 aliphatic rings. The van der Waals surface area contributed by atoms with E-state index in [0.717, 1.165) is 44.9 Å². The second-order valence-corrected chi connectivity index (χ2v) is 11.4. The van der Waals surface area contributed by atoms with Crippen molar-refractivity contribution in [2.75, 3.05) is 0 Å². The van der Waals surface area contributed by atoms with Gasteiger partial charge in [0.2, 0.25) is 0 Å². The maximum absolute atomic E-state index is 11.5. The van der Waals surface area contributed by atoms with Gasteiger partial charge in [-0.15, -0.1) is 0 Å². The Morgan fingerprint density at radius 3 is 2.45 bits per heavy atom. The number of hydrogen-bond donors (Lipinski definition) is 4. The minimum Gasteiger partial charge on any atom is -0.481 e. The number of aliphatic hydroxyl groups excluding tert-OH is 3. The van der Waals surface area contributed by atoms with Gasteiger partial charge in [-0.05, 0) is 97.7 Å². The number of carboxylic acids is 1. The van der Waals surface area contributed by atoms with E-state index in [-0.39, 0.29) is 41.3 Å². The van der Waals surface area contributed by atoms with Crippen LogP contribution in [-0.4, -0.2) is 44.7 Å². The Balaban J connectivity index is 1.61. The molecule has 4 N–H and O–H groups in total. The largest absolute Gasteiger partial charge is 0.481 e. The van der Waals surface area contributed by atoms with Gasteiger partial charge in [-0.2, -0.15) is 0 Å². The van der Waals surface area contributed by atoms with E-state index in [4.69, 9.17) is 5.11 Å². The monoisotopic (exact) mass is 408 g/mol. The number of carbonyl (C=O) groups is 1. The topological polar surface area (TPSA) is 98.0 Å². The van der Waals surface area contributed by atoms with Crippen LogP contribution in [-0.2, 0) is 4.79 Å². The van der Waals surface area contributed by atoms with Crippen LogP contribution in [0.15, 0.2) is 0 Å². The molecular weight excluding hydrogens is 368 g/mol. The molecule has 29 heavy (non-hydrogen) atoms. The maximum Gasteiger partial charge on any atom is 0.303 e. The van der Waals surface area contributed by atoms with E-state index in [1.807, 2.05) is 0 Å². The van der Waals surface area contributed by atoms with Crippen LogP contribution in [0, 0.1) is 46.3 Å². The van der Waals surface area contributed by atoms with E-state index in [0.29, 0.717) is 30.1 Å². The standard InChI is InChI=1S/C24H40O5/c1-13(4-7-21(28)29)16-5-6-17-22-18(12-20(27)24(16,17)3)23(2)9-8-15(25)10-14(23)11-19(22)26/h13-20,22,25-27H,4-12H2,1-3H3,(H,28,29)/t13-,14+,15-,16+,17-,18+,19-,20+,22+,23+,24-/m1/s1. The van der Waals surface area contributed by atoms with Crippen LogP contribution in [0.4, 0.5) is 0 Å². The van der Waals surface area contributed by atoms with Crippen molar-refractivity contribution in [3.05, 3.63) is 0 Å². The van der Waals surface area contributed by atoms with Gasteiger partial charge in [-0.25, -0.2) is 0 Å². The van der Waals surface area contributed by atoms with E-state index in [9.17, 15) is 20.1 Å². The number of fused-ring (bicyclic) bond motifs is 5. The number of carboxylic acid groups (broad SMARTS) is 1. The molecule has 0 aromatic rings. The molecule has 166 valence electrons. The molecule has 0 spiro atoms. The van der Waals surface area contributed by atoms with Gasteiger partial charge in [0.1, 0.15) is 0 Å². The first-order chi connectivity index (χ1) is 13.6. The predicted octanol–water partition coefficient (Wildman–Crippen LogP) is 3.45. The van der Waals surface area contributed by atoms with E-state index in [1.165, 1.54) is 0 Å². The van der Waals surface area contributed by atoms with Crippen molar-refractivity contribution in [1.29, 1.82) is 0 Å². The lowest BCUT2D eigenvalue weighted by Crippen LogP contribution is -2.62. The van der Waals surface area contributed by atoms with Gasteiger partial charge in [-0.1, -0.05) is 20.8 Å². The molecule has 0 aliphatic heterocycles. The van der Waals surface area contributed by atoms with Crippen molar-refractivity contribution in [2.45, 2.75) is 96.9 Å². The Morgan fingerprint density at radius 1 is 1.03 bits per heavy atom. The zero-order valence-electron chi connectivity index (χ0n) is 18.3. The number of hydrogen-bond acceptors (Lipinski definition) is 4. The van der Waals surface area contributed by atoms with Crippen molar-refractivity contribution in [2.24, 2.45) is 46.3 Å². The SMILES string of the molecule is C[C@H](CCC(=O)O)[C@@H]1CC[C@@H]2[C@@H]3[C@H](O)C[C@@H]4C[C@H](O)CC[C@]4(C)[C@H]3C[C@H](O)[C@@]21C. The van der Waals surface area contributed by atoms with Gasteiger partial charge in [0, 0.05) is 6.42 Å². The minimum absolute atomic E-state index is 0.0957. The highest BCUT2D eigenvalue weighted by atomic mass is 16.4. The van der Waals surface area contributed by atoms with Crippen LogP contribution in [0.3, 0.4) is 0 Å². The first-order valence-corrected chi connectivity index (χ1v) is 11.8. The molecule has 0 unspecified atom stereocenters. The van der Waals surface area contributed by atoms with Crippen LogP contribution in [0.2, 0.25) is 0 Å². The predicted molar refractivity (Wildman–Crippen MR) is 110 cm³/mol. The quantitative estimate of drug-likeness (QED) is 0.571. The first-order valence-electron chi connectivity index (χ1n) is 11.8. The van der Waals surface area contributed by atoms with Crippen LogP contribution >= 0.6 is 0 Å². The van der Waals surface area contributed by atoms with Crippen molar-refractivity contribution < 1.29 is 25.2 Å². The van der Waals surface area contributed by atoms with Crippen molar-refractivity contribution in [3.8, 4) is 0 Å². The maximum atomic E-state index is 11.5. The molecule has 0 bridgehead atoms. The van der Waals surface area contributed by atoms with Crippen molar-refractivity contribution >= 4 is 5.97 Å². The summed E-state index contributed by atoms with van der Waals surface area (Å²) >= 11 is 0. The highest BCUT2D eigenvalue weighted by Crippen LogP contribution is 2.68. The van der Waals surface area contributed by atoms with Gasteiger partial charge < -0.3 is 20.4 Å². The molecule has 4 fully saturated rings. The Labute approximate surface area is 174 Å². The minimum atomic E-state index is -0.748. The second-order valence-electron chi connectivity index (χ2n) is 11.4. The molecule has 0 radical (unpaired) electrons. The summed E-state index contributed by atoms with van der Waals surface area (Å²) in [5, 5.41) is 42.0. The fourth-order valence-corrected chi connectivity index (χ4v) is 8.68. The van der Waals surface area contributed by atoms with Crippen LogP contribution < -0.4 is 0 Å². The lowest BCUT2D eigenvalue weighted by molar-refractivity contribution is -0.207. The zero-order valence-corrected chi connectivity index (χ0v) is 18.3. The summed E-state index contributed by atoms with van der Waals surface area (Å²) in [6.45, 7) is 6.72. The smallest absolute Gasteiger partial charge is 0.303 e. The molecule has 4 saturated carbocycles. The van der Waals surface area contributed by atoms with Crippen molar-refractivity contribution in [3.63, 3.8) is 0 Å². The fraction of sp³-hybridized carbons (Fsp3) is 0.958. The van der Waals surface area contributed by atoms with E-state index >= 15 is 0 Å². The van der Waals surface area contributed by atoms with Gasteiger partial charge in [0.05, 0.1) is 18.3 Å². The van der Waals surface area contributed by atoms with E-state index in [2.05, 4.69) is 20.8 Å². The number of rotatable bonds is 4. The lowest BCUT2D eigenvalue weighted by Gasteiger charge is -2.63. The van der Waals surface area contributed by atoms with Crippen LogP contribution in [0.1, 0.15) is 78.6 Å². The molecule has 11 atom stereocenters. The van der Waals surface area contributed by atoms with E-state index < -0.39 is 12.1 Å². The van der Waals surface area contributed by atoms with Crippen LogP contribution in [0.25, 0.3) is 0 Å². The summed E-state index contributed by atoms with van der Waals surface area (Å²) in [6.07, 6.45) is 6.00. The summed E-state index contributed by atoms with van der Waals surface area (Å²) < 4.78 is 0. The summed E-state index contributed by atoms with van der Waals surface area (Å²) in [5.41, 5.74) is -0.143. The fourth-order valence-electron chi connectivity index (χ4n) is 8.68. The van der Waals surface area contributed by atoms with Gasteiger partial charge in [0.15, 0.2) is 0 Å². The third-order valence-electron chi connectivity index (χ3n) is 10.3. The van der Waals surface area contributed by atoms with Crippen LogP contribution in [0.5, 0.6) is 0 Å². The van der Waals surface area contributed by atoms with Gasteiger partial charge in [0.25, 0.3) is 0 Å². The summed E-state index contributed by atoms with van der Waals surface area (Å²) in [5.74, 6) is 0.997. The Hall–Kier alpha value is -0.650. The summed E-state index contributed by atoms with van der Waals surface area (Å²) in [4.78, 5) is 11.1. The normalized spacial score (nSPS) is 52.9. The Morgan fingerprint density at radius 2 is 1.76 bits per heavy atom. The molecule has 0 aromatic carbocycles. The third-order valence-corrected chi connectivity index (χ3v) is 10.3. The average Bonchev–Trinajstić information content (AvgIpc) is 3.01. The molecule has 0 saturated heterocycles. The third kappa shape index (κ3) is 3.27. The van der Waals surface area contributed by atoms with Gasteiger partial charge >= 0.3 is 5.97 Å². The summed E-state index contributed by atoms with van der Waals surface area (Å²) in [6, 6.07) is 0. The molecule has 5 heteroatoms. The zero-order chi connectivity index (χ0) is 21.1. The highest BCUT2D eigenvalue weighted by Gasteiger charge is 2.65. The Bertz CT molecular complexity index is 637. The lowest BCUT2D eigenvalue weighted by atomic mass is 9.43. The summed E-state index contributed by atoms with van der Waals surface area (Å²) in [7, 11) is 0. The number of aliphatic hydroxyl groups is 3. The molecule has 5 nitrogen and oxygen atoms in total. The molecular formula is C24H40O5. The molecule has 0 amide bonds. The van der Waals surface area contributed by atoms with Gasteiger partial charge in [-0.3, -0.25) is 4.79 Å². The molecule has 4 rings (SSSR count). The van der Waals surface area contributed by atoms with E-state index in [1.54, 1.807) is 0 Å². The highest BCUT2D eigenvalue weighted by molar-refractivity contribution is 5.66. The first kappa shape index (κ1) is 21.6. The molecule has 0 heterocycles.